The van der Waals surface area contributed by atoms with Crippen LogP contribution in [0.15, 0.2) is 59.5 Å². The Balaban J connectivity index is 1.98. The Labute approximate surface area is 148 Å². The van der Waals surface area contributed by atoms with Gasteiger partial charge in [0, 0.05) is 5.69 Å². The molecule has 2 rings (SSSR count). The molecule has 0 unspecified atom stereocenters. The van der Waals surface area contributed by atoms with Crippen LogP contribution in [0.3, 0.4) is 0 Å². The summed E-state index contributed by atoms with van der Waals surface area (Å²) in [6.45, 7) is 5.35. The summed E-state index contributed by atoms with van der Waals surface area (Å²) in [7, 11) is -3.75. The van der Waals surface area contributed by atoms with Gasteiger partial charge in [-0.2, -0.15) is 4.72 Å². The van der Waals surface area contributed by atoms with Gasteiger partial charge >= 0.3 is 0 Å². The lowest BCUT2D eigenvalue weighted by atomic mass is 10.2. The van der Waals surface area contributed by atoms with Crippen LogP contribution < -0.4 is 14.8 Å². The Morgan fingerprint density at radius 2 is 1.56 bits per heavy atom. The van der Waals surface area contributed by atoms with Gasteiger partial charge in [-0.1, -0.05) is 18.2 Å². The third-order valence-corrected chi connectivity index (χ3v) is 4.83. The van der Waals surface area contributed by atoms with Crippen LogP contribution in [-0.2, 0) is 14.8 Å². The second kappa shape index (κ2) is 8.13. The van der Waals surface area contributed by atoms with Crippen LogP contribution in [-0.4, -0.2) is 26.5 Å². The van der Waals surface area contributed by atoms with Crippen LogP contribution in [0.5, 0.6) is 5.75 Å². The van der Waals surface area contributed by atoms with Crippen LogP contribution in [0.1, 0.15) is 20.8 Å². The van der Waals surface area contributed by atoms with Gasteiger partial charge in [0.05, 0.1) is 17.0 Å². The molecule has 1 amide bonds. The molecule has 0 spiro atoms. The van der Waals surface area contributed by atoms with Gasteiger partial charge in [0.15, 0.2) is 0 Å². The smallest absolute Gasteiger partial charge is 0.242 e. The molecule has 0 bridgehead atoms. The van der Waals surface area contributed by atoms with Gasteiger partial charge in [-0.25, -0.2) is 8.42 Å². The van der Waals surface area contributed by atoms with Crippen molar-refractivity contribution in [1.29, 1.82) is 0 Å². The average molecular weight is 362 g/mol. The number of sulfonamides is 1. The van der Waals surface area contributed by atoms with Crippen molar-refractivity contribution in [2.45, 2.75) is 37.8 Å². The number of anilines is 1. The first-order valence-corrected chi connectivity index (χ1v) is 9.41. The number of carbonyl (C=O) groups excluding carboxylic acids is 1. The van der Waals surface area contributed by atoms with Crippen LogP contribution >= 0.6 is 0 Å². The third-order valence-electron chi connectivity index (χ3n) is 3.27. The van der Waals surface area contributed by atoms with E-state index in [-0.39, 0.29) is 11.0 Å². The highest BCUT2D eigenvalue weighted by atomic mass is 32.2. The monoisotopic (exact) mass is 362 g/mol. The van der Waals surface area contributed by atoms with E-state index < -0.39 is 22.0 Å². The molecule has 134 valence electrons. The molecule has 2 aromatic carbocycles. The number of carbonyl (C=O) groups is 1. The van der Waals surface area contributed by atoms with E-state index >= 15 is 0 Å². The molecule has 0 heterocycles. The number of amides is 1. The molecule has 0 aliphatic rings. The highest BCUT2D eigenvalue weighted by molar-refractivity contribution is 7.89. The maximum absolute atomic E-state index is 12.2. The van der Waals surface area contributed by atoms with E-state index in [9.17, 15) is 13.2 Å². The number of rotatable bonds is 7. The summed E-state index contributed by atoms with van der Waals surface area (Å²) in [6.07, 6.45) is 0.0628. The van der Waals surface area contributed by atoms with Gasteiger partial charge in [-0.05, 0) is 57.2 Å². The van der Waals surface area contributed by atoms with Crippen molar-refractivity contribution in [3.8, 4) is 5.75 Å². The minimum atomic E-state index is -3.75. The molecular weight excluding hydrogens is 340 g/mol. The highest BCUT2D eigenvalue weighted by Crippen LogP contribution is 2.17. The summed E-state index contributed by atoms with van der Waals surface area (Å²) >= 11 is 0. The quantitative estimate of drug-likeness (QED) is 0.793. The fraction of sp³-hybridized carbons (Fsp3) is 0.278. The molecule has 0 aromatic heterocycles. The molecule has 0 fully saturated rings. The third kappa shape index (κ3) is 5.58. The van der Waals surface area contributed by atoms with E-state index in [1.54, 1.807) is 42.5 Å². The van der Waals surface area contributed by atoms with E-state index in [4.69, 9.17) is 4.74 Å². The molecule has 25 heavy (non-hydrogen) atoms. The minimum Gasteiger partial charge on any atom is -0.491 e. The predicted molar refractivity (Wildman–Crippen MR) is 97.1 cm³/mol. The topological polar surface area (TPSA) is 84.5 Å². The predicted octanol–water partition coefficient (Wildman–Crippen LogP) is 2.78. The van der Waals surface area contributed by atoms with E-state index in [1.807, 2.05) is 13.8 Å². The summed E-state index contributed by atoms with van der Waals surface area (Å²) in [6, 6.07) is 13.9. The largest absolute Gasteiger partial charge is 0.491 e. The number of benzene rings is 2. The SMILES string of the molecule is CC(C)Oc1ccc(NC(=O)[C@H](C)NS(=O)(=O)c2ccccc2)cc1. The summed E-state index contributed by atoms with van der Waals surface area (Å²) in [4.78, 5) is 12.3. The van der Waals surface area contributed by atoms with Gasteiger partial charge < -0.3 is 10.1 Å². The lowest BCUT2D eigenvalue weighted by Crippen LogP contribution is -2.41. The van der Waals surface area contributed by atoms with Crippen LogP contribution in [0.2, 0.25) is 0 Å². The Hall–Kier alpha value is -2.38. The van der Waals surface area contributed by atoms with Crippen LogP contribution in [0.25, 0.3) is 0 Å². The molecule has 0 aliphatic heterocycles. The Bertz CT molecular complexity index is 803. The second-order valence-electron chi connectivity index (χ2n) is 5.84. The Morgan fingerprint density at radius 3 is 2.12 bits per heavy atom. The first-order valence-electron chi connectivity index (χ1n) is 7.93. The van der Waals surface area contributed by atoms with Crippen molar-refractivity contribution in [2.24, 2.45) is 0 Å². The standard InChI is InChI=1S/C18H22N2O4S/c1-13(2)24-16-11-9-15(10-12-16)19-18(21)14(3)20-25(22,23)17-7-5-4-6-8-17/h4-14,20H,1-3H3,(H,19,21)/t14-/m0/s1. The van der Waals surface area contributed by atoms with Crippen LogP contribution in [0, 0.1) is 0 Å². The number of hydrogen-bond acceptors (Lipinski definition) is 4. The lowest BCUT2D eigenvalue weighted by molar-refractivity contribution is -0.117. The Kier molecular flexibility index (Phi) is 6.17. The van der Waals surface area contributed by atoms with Crippen molar-refractivity contribution in [1.82, 2.24) is 4.72 Å². The van der Waals surface area contributed by atoms with E-state index in [0.717, 1.165) is 0 Å². The zero-order valence-electron chi connectivity index (χ0n) is 14.4. The van der Waals surface area contributed by atoms with Gasteiger partial charge in [-0.3, -0.25) is 4.79 Å². The molecular formula is C18H22N2O4S. The molecule has 1 atom stereocenters. The van der Waals surface area contributed by atoms with E-state index in [1.165, 1.54) is 19.1 Å². The molecule has 0 saturated heterocycles. The van der Waals surface area contributed by atoms with Crippen molar-refractivity contribution in [2.75, 3.05) is 5.32 Å². The van der Waals surface area contributed by atoms with E-state index in [0.29, 0.717) is 11.4 Å². The molecule has 7 heteroatoms. The number of hydrogen-bond donors (Lipinski definition) is 2. The number of ether oxygens (including phenoxy) is 1. The normalized spacial score (nSPS) is 12.6. The summed E-state index contributed by atoms with van der Waals surface area (Å²) in [5, 5.41) is 2.67. The fourth-order valence-electron chi connectivity index (χ4n) is 2.09. The maximum Gasteiger partial charge on any atom is 0.242 e. The molecule has 0 saturated carbocycles. The zero-order valence-corrected chi connectivity index (χ0v) is 15.2. The molecule has 6 nitrogen and oxygen atoms in total. The van der Waals surface area contributed by atoms with Crippen molar-refractivity contribution >= 4 is 21.6 Å². The van der Waals surface area contributed by atoms with Crippen molar-refractivity contribution < 1.29 is 17.9 Å². The molecule has 0 radical (unpaired) electrons. The number of nitrogens with one attached hydrogen (secondary N) is 2. The molecule has 0 aliphatic carbocycles. The maximum atomic E-state index is 12.2. The molecule has 2 N–H and O–H groups in total. The van der Waals surface area contributed by atoms with Gasteiger partial charge in [0.2, 0.25) is 15.9 Å². The fourth-order valence-corrected chi connectivity index (χ4v) is 3.32. The lowest BCUT2D eigenvalue weighted by Gasteiger charge is -2.15. The van der Waals surface area contributed by atoms with Crippen LogP contribution in [0.4, 0.5) is 5.69 Å². The van der Waals surface area contributed by atoms with E-state index in [2.05, 4.69) is 10.0 Å². The summed E-state index contributed by atoms with van der Waals surface area (Å²) < 4.78 is 32.4. The first-order chi connectivity index (χ1) is 11.8. The van der Waals surface area contributed by atoms with Gasteiger partial charge in [-0.15, -0.1) is 0 Å². The Morgan fingerprint density at radius 1 is 0.960 bits per heavy atom. The zero-order chi connectivity index (χ0) is 18.4. The highest BCUT2D eigenvalue weighted by Gasteiger charge is 2.21. The van der Waals surface area contributed by atoms with Gasteiger partial charge in [0.25, 0.3) is 0 Å². The first kappa shape index (κ1) is 19.0. The van der Waals surface area contributed by atoms with Crippen molar-refractivity contribution in [3.63, 3.8) is 0 Å². The summed E-state index contributed by atoms with van der Waals surface area (Å²) in [5.41, 5.74) is 0.562. The minimum absolute atomic E-state index is 0.0628. The van der Waals surface area contributed by atoms with Crippen molar-refractivity contribution in [3.05, 3.63) is 54.6 Å². The summed E-state index contributed by atoms with van der Waals surface area (Å²) in [5.74, 6) is 0.253. The van der Waals surface area contributed by atoms with Gasteiger partial charge in [0.1, 0.15) is 5.75 Å². The molecule has 2 aromatic rings. The second-order valence-corrected chi connectivity index (χ2v) is 7.55. The average Bonchev–Trinajstić information content (AvgIpc) is 2.56.